The van der Waals surface area contributed by atoms with Crippen molar-refractivity contribution in [3.05, 3.63) is 75.7 Å². The Kier molecular flexibility index (Phi) is 5.53. The summed E-state index contributed by atoms with van der Waals surface area (Å²) in [6.07, 6.45) is 0.267. The van der Waals surface area contributed by atoms with Gasteiger partial charge in [-0.05, 0) is 17.7 Å². The van der Waals surface area contributed by atoms with Crippen LogP contribution in [-0.4, -0.2) is 26.8 Å². The van der Waals surface area contributed by atoms with E-state index in [4.69, 9.17) is 11.6 Å². The fourth-order valence-electron chi connectivity index (χ4n) is 2.62. The number of benzene rings is 2. The molecule has 1 aromatic heterocycles. The highest BCUT2D eigenvalue weighted by Crippen LogP contribution is 2.13. The van der Waals surface area contributed by atoms with Crippen LogP contribution in [-0.2, 0) is 24.8 Å². The number of rotatable bonds is 6. The van der Waals surface area contributed by atoms with E-state index in [2.05, 4.69) is 10.4 Å². The first kappa shape index (κ1) is 17.9. The number of carbonyl (C=O) groups excluding carboxylic acids is 1. The summed E-state index contributed by atoms with van der Waals surface area (Å²) in [4.78, 5) is 24.3. The van der Waals surface area contributed by atoms with Crippen LogP contribution in [0.5, 0.6) is 0 Å². The molecule has 1 amide bonds. The van der Waals surface area contributed by atoms with E-state index in [0.717, 1.165) is 11.1 Å². The minimum Gasteiger partial charge on any atom is -0.354 e. The van der Waals surface area contributed by atoms with Gasteiger partial charge < -0.3 is 5.32 Å². The van der Waals surface area contributed by atoms with Crippen LogP contribution >= 0.6 is 11.6 Å². The maximum absolute atomic E-state index is 12.3. The van der Waals surface area contributed by atoms with Crippen LogP contribution in [0.2, 0.25) is 5.02 Å². The monoisotopic (exact) mass is 370 g/mol. The summed E-state index contributed by atoms with van der Waals surface area (Å²) in [5.74, 6) is 0.489. The van der Waals surface area contributed by atoms with Crippen LogP contribution in [0.4, 0.5) is 0 Å². The van der Waals surface area contributed by atoms with Gasteiger partial charge in [0.05, 0.1) is 13.0 Å². The van der Waals surface area contributed by atoms with Crippen molar-refractivity contribution in [3.63, 3.8) is 0 Å². The fourth-order valence-corrected chi connectivity index (χ4v) is 2.75. The lowest BCUT2D eigenvalue weighted by atomic mass is 10.1. The molecule has 26 heavy (non-hydrogen) atoms. The Morgan fingerprint density at radius 3 is 2.50 bits per heavy atom. The number of hydrogen-bond donors (Lipinski definition) is 1. The predicted molar refractivity (Wildman–Crippen MR) is 101 cm³/mol. The zero-order valence-corrected chi connectivity index (χ0v) is 15.1. The summed E-state index contributed by atoms with van der Waals surface area (Å²) in [5, 5.41) is 7.82. The van der Waals surface area contributed by atoms with Gasteiger partial charge in [0.1, 0.15) is 0 Å². The van der Waals surface area contributed by atoms with Crippen molar-refractivity contribution in [3.8, 4) is 11.4 Å². The van der Waals surface area contributed by atoms with Gasteiger partial charge in [0, 0.05) is 24.2 Å². The van der Waals surface area contributed by atoms with E-state index in [0.29, 0.717) is 23.9 Å². The molecule has 0 radical (unpaired) electrons. The second kappa shape index (κ2) is 8.01. The minimum absolute atomic E-state index is 0.111. The average Bonchev–Trinajstić information content (AvgIpc) is 2.93. The van der Waals surface area contributed by atoms with Crippen molar-refractivity contribution in [2.75, 3.05) is 6.54 Å². The number of hydrogen-bond acceptors (Lipinski definition) is 3. The lowest BCUT2D eigenvalue weighted by molar-refractivity contribution is -0.120. The number of nitrogens with zero attached hydrogens (tertiary/aromatic N) is 3. The van der Waals surface area contributed by atoms with Gasteiger partial charge >= 0.3 is 5.69 Å². The van der Waals surface area contributed by atoms with Gasteiger partial charge in [-0.1, -0.05) is 54.1 Å². The third kappa shape index (κ3) is 4.21. The van der Waals surface area contributed by atoms with Gasteiger partial charge in [-0.2, -0.15) is 0 Å². The van der Waals surface area contributed by atoms with Gasteiger partial charge in [-0.25, -0.2) is 9.48 Å². The molecule has 7 heteroatoms. The molecular weight excluding hydrogens is 352 g/mol. The number of aromatic nitrogens is 3. The first-order valence-electron chi connectivity index (χ1n) is 8.25. The van der Waals surface area contributed by atoms with Gasteiger partial charge in [0.2, 0.25) is 5.91 Å². The highest BCUT2D eigenvalue weighted by Gasteiger charge is 2.12. The molecule has 1 heterocycles. The first-order chi connectivity index (χ1) is 12.5. The van der Waals surface area contributed by atoms with Crippen LogP contribution in [0.25, 0.3) is 11.4 Å². The van der Waals surface area contributed by atoms with Gasteiger partial charge in [-0.15, -0.1) is 5.10 Å². The molecule has 3 rings (SSSR count). The van der Waals surface area contributed by atoms with Crippen molar-refractivity contribution >= 4 is 17.5 Å². The van der Waals surface area contributed by atoms with E-state index in [1.165, 1.54) is 9.25 Å². The van der Waals surface area contributed by atoms with Crippen molar-refractivity contribution in [1.29, 1.82) is 0 Å². The Bertz CT molecular complexity index is 946. The summed E-state index contributed by atoms with van der Waals surface area (Å²) in [7, 11) is 1.69. The highest BCUT2D eigenvalue weighted by atomic mass is 35.5. The summed E-state index contributed by atoms with van der Waals surface area (Å²) < 4.78 is 2.87. The van der Waals surface area contributed by atoms with Gasteiger partial charge in [0.25, 0.3) is 0 Å². The van der Waals surface area contributed by atoms with Crippen LogP contribution < -0.4 is 11.0 Å². The van der Waals surface area contributed by atoms with Gasteiger partial charge in [0.15, 0.2) is 5.82 Å². The van der Waals surface area contributed by atoms with E-state index in [1.807, 2.05) is 42.5 Å². The molecule has 2 aromatic carbocycles. The van der Waals surface area contributed by atoms with Crippen molar-refractivity contribution < 1.29 is 4.79 Å². The molecule has 0 aliphatic carbocycles. The maximum atomic E-state index is 12.3. The molecule has 3 aromatic rings. The molecule has 0 unspecified atom stereocenters. The molecular formula is C19H19ClN4O2. The molecule has 0 fully saturated rings. The van der Waals surface area contributed by atoms with Gasteiger partial charge in [-0.3, -0.25) is 9.36 Å². The lowest BCUT2D eigenvalue weighted by Crippen LogP contribution is -2.32. The van der Waals surface area contributed by atoms with Crippen LogP contribution in [0.3, 0.4) is 0 Å². The standard InChI is InChI=1S/C19H19ClN4O2/c1-23-18(15-5-3-2-4-6-15)22-24(19(23)26)12-11-21-17(25)13-14-7-9-16(20)10-8-14/h2-10H,11-13H2,1H3,(H,21,25). The Morgan fingerprint density at radius 1 is 1.12 bits per heavy atom. The molecule has 0 bridgehead atoms. The third-order valence-electron chi connectivity index (χ3n) is 4.00. The summed E-state index contributed by atoms with van der Waals surface area (Å²) in [5.41, 5.74) is 1.54. The van der Waals surface area contributed by atoms with E-state index in [1.54, 1.807) is 19.2 Å². The van der Waals surface area contributed by atoms with E-state index in [-0.39, 0.29) is 18.0 Å². The lowest BCUT2D eigenvalue weighted by Gasteiger charge is -2.05. The minimum atomic E-state index is -0.212. The smallest absolute Gasteiger partial charge is 0.345 e. The first-order valence-corrected chi connectivity index (χ1v) is 8.63. The molecule has 0 aliphatic rings. The topological polar surface area (TPSA) is 68.9 Å². The second-order valence-electron chi connectivity index (χ2n) is 5.91. The Balaban J connectivity index is 1.59. The van der Waals surface area contributed by atoms with Crippen LogP contribution in [0, 0.1) is 0 Å². The van der Waals surface area contributed by atoms with Crippen molar-refractivity contribution in [2.24, 2.45) is 7.05 Å². The van der Waals surface area contributed by atoms with Crippen molar-refractivity contribution in [2.45, 2.75) is 13.0 Å². The Morgan fingerprint density at radius 2 is 1.81 bits per heavy atom. The molecule has 0 saturated heterocycles. The van der Waals surface area contributed by atoms with Crippen molar-refractivity contribution in [1.82, 2.24) is 19.7 Å². The predicted octanol–water partition coefficient (Wildman–Crippen LogP) is 2.26. The second-order valence-corrected chi connectivity index (χ2v) is 6.34. The van der Waals surface area contributed by atoms with E-state index in [9.17, 15) is 9.59 Å². The largest absolute Gasteiger partial charge is 0.354 e. The molecule has 0 aliphatic heterocycles. The molecule has 1 N–H and O–H groups in total. The number of halogens is 1. The maximum Gasteiger partial charge on any atom is 0.345 e. The Hall–Kier alpha value is -2.86. The van der Waals surface area contributed by atoms with E-state index < -0.39 is 0 Å². The SMILES string of the molecule is Cn1c(-c2ccccc2)nn(CCNC(=O)Cc2ccc(Cl)cc2)c1=O. The molecule has 134 valence electrons. The quantitative estimate of drug-likeness (QED) is 0.723. The summed E-state index contributed by atoms with van der Waals surface area (Å²) in [6.45, 7) is 0.642. The molecule has 0 saturated carbocycles. The highest BCUT2D eigenvalue weighted by molar-refractivity contribution is 6.30. The molecule has 0 spiro atoms. The molecule has 6 nitrogen and oxygen atoms in total. The average molecular weight is 371 g/mol. The third-order valence-corrected chi connectivity index (χ3v) is 4.25. The number of carbonyl (C=O) groups is 1. The fraction of sp³-hybridized carbons (Fsp3) is 0.211. The summed E-state index contributed by atoms with van der Waals surface area (Å²) in [6, 6.07) is 16.7. The Labute approximate surface area is 156 Å². The zero-order valence-electron chi connectivity index (χ0n) is 14.4. The number of amides is 1. The van der Waals surface area contributed by atoms with Crippen LogP contribution in [0.1, 0.15) is 5.56 Å². The normalized spacial score (nSPS) is 10.7. The molecule has 0 atom stereocenters. The summed E-state index contributed by atoms with van der Waals surface area (Å²) >= 11 is 5.83. The van der Waals surface area contributed by atoms with Crippen LogP contribution in [0.15, 0.2) is 59.4 Å². The number of nitrogens with one attached hydrogen (secondary N) is 1. The van der Waals surface area contributed by atoms with E-state index >= 15 is 0 Å². The zero-order chi connectivity index (χ0) is 18.5.